The molecule has 0 bridgehead atoms. The number of carbonyl (C=O) groups is 2. The summed E-state index contributed by atoms with van der Waals surface area (Å²) in [5.41, 5.74) is 1.76. The predicted molar refractivity (Wildman–Crippen MR) is 106 cm³/mol. The van der Waals surface area contributed by atoms with Crippen LogP contribution >= 0.6 is 0 Å². The number of esters is 2. The zero-order chi connectivity index (χ0) is 19.9. The average Bonchev–Trinajstić information content (AvgIpc) is 2.94. The molecule has 0 aromatic carbocycles. The lowest BCUT2D eigenvalue weighted by atomic mass is 9.59. The van der Waals surface area contributed by atoms with Crippen LogP contribution in [0.5, 0.6) is 0 Å². The Labute approximate surface area is 168 Å². The van der Waals surface area contributed by atoms with E-state index in [1.165, 1.54) is 19.3 Å². The summed E-state index contributed by atoms with van der Waals surface area (Å²) in [5.74, 6) is 0.509. The Hall–Kier alpha value is -1.36. The van der Waals surface area contributed by atoms with Gasteiger partial charge in [-0.05, 0) is 56.9 Å². The Balaban J connectivity index is 1.48. The van der Waals surface area contributed by atoms with Crippen LogP contribution in [0.25, 0.3) is 0 Å². The molecule has 5 heteroatoms. The Bertz CT molecular complexity index is 659. The molecule has 0 spiro atoms. The van der Waals surface area contributed by atoms with Gasteiger partial charge in [-0.25, -0.2) is 0 Å². The first-order valence-electron chi connectivity index (χ1n) is 11.2. The van der Waals surface area contributed by atoms with Gasteiger partial charge in [-0.2, -0.15) is 0 Å². The molecule has 156 valence electrons. The maximum absolute atomic E-state index is 12.8. The minimum Gasteiger partial charge on any atom is -0.466 e. The maximum Gasteiger partial charge on any atom is 0.311 e. The van der Waals surface area contributed by atoms with Crippen molar-refractivity contribution in [2.45, 2.75) is 65.4 Å². The summed E-state index contributed by atoms with van der Waals surface area (Å²) in [4.78, 5) is 27.2. The minimum atomic E-state index is -0.0999. The molecule has 2 saturated heterocycles. The Morgan fingerprint density at radius 1 is 1.36 bits per heavy atom. The van der Waals surface area contributed by atoms with Gasteiger partial charge in [0.15, 0.2) is 0 Å². The molecule has 4 rings (SSSR count). The van der Waals surface area contributed by atoms with Crippen molar-refractivity contribution in [2.24, 2.45) is 29.1 Å². The minimum absolute atomic E-state index is 0.0298. The number of allylic oxidation sites excluding steroid dienone is 1. The number of carbonyl (C=O) groups excluding carboxylic acids is 2. The smallest absolute Gasteiger partial charge is 0.311 e. The number of piperidine rings is 1. The van der Waals surface area contributed by atoms with Crippen molar-refractivity contribution in [3.63, 3.8) is 0 Å². The molecule has 2 aliphatic carbocycles. The van der Waals surface area contributed by atoms with Gasteiger partial charge in [0.1, 0.15) is 6.10 Å². The summed E-state index contributed by atoms with van der Waals surface area (Å²) < 4.78 is 11.1. The van der Waals surface area contributed by atoms with E-state index in [2.05, 4.69) is 24.8 Å². The summed E-state index contributed by atoms with van der Waals surface area (Å²) >= 11 is 0. The van der Waals surface area contributed by atoms with Crippen LogP contribution in [0.15, 0.2) is 11.6 Å². The van der Waals surface area contributed by atoms with E-state index in [0.29, 0.717) is 25.6 Å². The lowest BCUT2D eigenvalue weighted by Gasteiger charge is -2.46. The van der Waals surface area contributed by atoms with Crippen molar-refractivity contribution in [3.8, 4) is 0 Å². The summed E-state index contributed by atoms with van der Waals surface area (Å²) in [6.45, 7) is 9.32. The highest BCUT2D eigenvalue weighted by atomic mass is 16.6. The Morgan fingerprint density at radius 2 is 2.18 bits per heavy atom. The second-order valence-corrected chi connectivity index (χ2v) is 9.69. The molecular formula is C23H35NO4. The molecule has 0 unspecified atom stereocenters. The Kier molecular flexibility index (Phi) is 5.56. The van der Waals surface area contributed by atoms with Gasteiger partial charge < -0.3 is 14.4 Å². The summed E-state index contributed by atoms with van der Waals surface area (Å²) in [6.07, 6.45) is 9.02. The Morgan fingerprint density at radius 3 is 2.96 bits per heavy atom. The first-order valence-corrected chi connectivity index (χ1v) is 11.2. The third-order valence-electron chi connectivity index (χ3n) is 7.66. The molecule has 5 nitrogen and oxygen atoms in total. The third-order valence-corrected chi connectivity index (χ3v) is 7.66. The van der Waals surface area contributed by atoms with Crippen LogP contribution in [0.3, 0.4) is 0 Å². The number of fused-ring (bicyclic) bond motifs is 2. The van der Waals surface area contributed by atoms with Crippen LogP contribution in [0, 0.1) is 29.1 Å². The highest BCUT2D eigenvalue weighted by Crippen LogP contribution is 2.54. The number of hydrogen-bond donors (Lipinski definition) is 0. The van der Waals surface area contributed by atoms with Crippen LogP contribution in [0.4, 0.5) is 0 Å². The van der Waals surface area contributed by atoms with Crippen LogP contribution in [-0.2, 0) is 19.1 Å². The second-order valence-electron chi connectivity index (χ2n) is 9.69. The van der Waals surface area contributed by atoms with Crippen molar-refractivity contribution in [3.05, 3.63) is 11.6 Å². The van der Waals surface area contributed by atoms with Gasteiger partial charge in [-0.15, -0.1) is 0 Å². The van der Waals surface area contributed by atoms with E-state index in [4.69, 9.17) is 9.47 Å². The molecule has 1 saturated carbocycles. The molecular weight excluding hydrogens is 354 g/mol. The number of rotatable bonds is 4. The molecule has 6 atom stereocenters. The fourth-order valence-corrected chi connectivity index (χ4v) is 6.21. The second kappa shape index (κ2) is 7.81. The van der Waals surface area contributed by atoms with E-state index < -0.39 is 0 Å². The van der Waals surface area contributed by atoms with Crippen molar-refractivity contribution in [2.75, 3.05) is 26.2 Å². The van der Waals surface area contributed by atoms with Gasteiger partial charge >= 0.3 is 11.9 Å². The van der Waals surface area contributed by atoms with Gasteiger partial charge in [0.25, 0.3) is 0 Å². The van der Waals surface area contributed by atoms with Gasteiger partial charge in [-0.3, -0.25) is 9.59 Å². The van der Waals surface area contributed by atoms with Crippen molar-refractivity contribution >= 4 is 11.9 Å². The third kappa shape index (κ3) is 3.62. The van der Waals surface area contributed by atoms with Crippen LogP contribution in [0.1, 0.15) is 59.3 Å². The zero-order valence-corrected chi connectivity index (χ0v) is 17.6. The number of likely N-dealkylation sites (tertiary alicyclic amines) is 1. The topological polar surface area (TPSA) is 55.8 Å². The van der Waals surface area contributed by atoms with Gasteiger partial charge in [0.05, 0.1) is 18.4 Å². The standard InChI is InChI=1S/C23H35NO4/c1-4-27-21(25)16-8-6-10-24(13-16)14-18-17-11-19-15(2)7-5-9-23(19,3)12-20(17)28-22(18)26/h11,15-18,20H,4-10,12-14H2,1-3H3/t15-,16+,17+,18+,20+,23+/m0/s1. The fraction of sp³-hybridized carbons (Fsp3) is 0.826. The first-order chi connectivity index (χ1) is 13.4. The van der Waals surface area contributed by atoms with Crippen LogP contribution in [-0.4, -0.2) is 49.2 Å². The lowest BCUT2D eigenvalue weighted by Crippen LogP contribution is -2.44. The quantitative estimate of drug-likeness (QED) is 0.543. The van der Waals surface area contributed by atoms with Gasteiger partial charge in [-0.1, -0.05) is 31.9 Å². The molecule has 28 heavy (non-hydrogen) atoms. The van der Waals surface area contributed by atoms with Crippen LogP contribution < -0.4 is 0 Å². The average molecular weight is 390 g/mol. The fourth-order valence-electron chi connectivity index (χ4n) is 6.21. The molecule has 0 radical (unpaired) electrons. The maximum atomic E-state index is 12.8. The van der Waals surface area contributed by atoms with Crippen molar-refractivity contribution in [1.29, 1.82) is 0 Å². The predicted octanol–water partition coefficient (Wildman–Crippen LogP) is 3.58. The van der Waals surface area contributed by atoms with Crippen molar-refractivity contribution < 1.29 is 19.1 Å². The zero-order valence-electron chi connectivity index (χ0n) is 17.6. The molecule has 3 fully saturated rings. The van der Waals surface area contributed by atoms with E-state index in [-0.39, 0.29) is 41.2 Å². The van der Waals surface area contributed by atoms with Crippen molar-refractivity contribution in [1.82, 2.24) is 4.90 Å². The molecule has 4 aliphatic rings. The van der Waals surface area contributed by atoms with Gasteiger partial charge in [0.2, 0.25) is 0 Å². The normalized spacial score (nSPS) is 40.9. The van der Waals surface area contributed by atoms with E-state index in [0.717, 1.165) is 25.8 Å². The van der Waals surface area contributed by atoms with E-state index in [1.54, 1.807) is 5.57 Å². The highest BCUT2D eigenvalue weighted by molar-refractivity contribution is 5.76. The molecule has 0 N–H and O–H groups in total. The summed E-state index contributed by atoms with van der Waals surface area (Å²) in [7, 11) is 0. The lowest BCUT2D eigenvalue weighted by molar-refractivity contribution is -0.150. The molecule has 0 amide bonds. The number of nitrogens with zero attached hydrogens (tertiary/aromatic N) is 1. The molecule has 0 aromatic rings. The van der Waals surface area contributed by atoms with Crippen LogP contribution in [0.2, 0.25) is 0 Å². The molecule has 2 aliphatic heterocycles. The number of hydrogen-bond acceptors (Lipinski definition) is 5. The summed E-state index contributed by atoms with van der Waals surface area (Å²) in [6, 6.07) is 0. The molecule has 0 aromatic heterocycles. The van der Waals surface area contributed by atoms with E-state index in [9.17, 15) is 9.59 Å². The van der Waals surface area contributed by atoms with E-state index in [1.807, 2.05) is 6.92 Å². The number of ether oxygens (including phenoxy) is 2. The molecule has 2 heterocycles. The monoisotopic (exact) mass is 389 g/mol. The largest absolute Gasteiger partial charge is 0.466 e. The van der Waals surface area contributed by atoms with E-state index >= 15 is 0 Å². The first kappa shape index (κ1) is 19.9. The highest BCUT2D eigenvalue weighted by Gasteiger charge is 2.52. The SMILES string of the molecule is CCOC(=O)[C@@H]1CCCN(C[C@H]2C(=O)O[C@@H]3C[C@@]4(C)CCC[C@H](C)C4=C[C@@H]32)C1. The van der Waals surface area contributed by atoms with Gasteiger partial charge in [0, 0.05) is 19.0 Å². The summed E-state index contributed by atoms with van der Waals surface area (Å²) in [5, 5.41) is 0.